The molecule has 5 nitrogen and oxygen atoms in total. The summed E-state index contributed by atoms with van der Waals surface area (Å²) in [5.41, 5.74) is 0. The highest BCUT2D eigenvalue weighted by atomic mass is 32.2. The van der Waals surface area contributed by atoms with Crippen molar-refractivity contribution >= 4 is 10.0 Å². The van der Waals surface area contributed by atoms with Crippen molar-refractivity contribution in [2.75, 3.05) is 39.3 Å². The molecule has 6 heteroatoms. The van der Waals surface area contributed by atoms with E-state index in [4.69, 9.17) is 0 Å². The van der Waals surface area contributed by atoms with Gasteiger partial charge in [-0.3, -0.25) is 0 Å². The number of sulfonamides is 1. The minimum absolute atomic E-state index is 0.250. The molecule has 1 atom stereocenters. The normalized spacial score (nSPS) is 21.4. The van der Waals surface area contributed by atoms with Gasteiger partial charge in [0.15, 0.2) is 0 Å². The molecule has 0 spiro atoms. The second kappa shape index (κ2) is 8.09. The zero-order chi connectivity index (χ0) is 13.4. The molecule has 0 radical (unpaired) electrons. The Morgan fingerprint density at radius 1 is 1.33 bits per heavy atom. The van der Waals surface area contributed by atoms with Gasteiger partial charge in [0.05, 0.1) is 5.25 Å². The summed E-state index contributed by atoms with van der Waals surface area (Å²) in [6, 6.07) is 0. The lowest BCUT2D eigenvalue weighted by atomic mass is 10.2. The predicted octanol–water partition coefficient (Wildman–Crippen LogP) is 0.390. The van der Waals surface area contributed by atoms with Gasteiger partial charge in [-0.2, -0.15) is 0 Å². The SMILES string of the molecule is CCN(CC)CCCNS(=O)(=O)C1CCCNC1. The van der Waals surface area contributed by atoms with E-state index in [2.05, 4.69) is 28.8 Å². The molecule has 1 aliphatic heterocycles. The Morgan fingerprint density at radius 3 is 2.61 bits per heavy atom. The van der Waals surface area contributed by atoms with E-state index in [9.17, 15) is 8.42 Å². The summed E-state index contributed by atoms with van der Waals surface area (Å²) in [7, 11) is -3.13. The van der Waals surface area contributed by atoms with Crippen LogP contribution in [0.4, 0.5) is 0 Å². The monoisotopic (exact) mass is 277 g/mol. The van der Waals surface area contributed by atoms with Gasteiger partial charge in [0.2, 0.25) is 10.0 Å². The largest absolute Gasteiger partial charge is 0.315 e. The third-order valence-electron chi connectivity index (χ3n) is 3.54. The quantitative estimate of drug-likeness (QED) is 0.630. The average Bonchev–Trinajstić information content (AvgIpc) is 2.40. The first-order chi connectivity index (χ1) is 8.60. The van der Waals surface area contributed by atoms with Crippen molar-refractivity contribution in [3.63, 3.8) is 0 Å². The number of nitrogens with zero attached hydrogens (tertiary/aromatic N) is 1. The van der Waals surface area contributed by atoms with Gasteiger partial charge in [-0.25, -0.2) is 13.1 Å². The fraction of sp³-hybridized carbons (Fsp3) is 1.00. The molecule has 1 saturated heterocycles. The van der Waals surface area contributed by atoms with Crippen molar-refractivity contribution in [3.8, 4) is 0 Å². The van der Waals surface area contributed by atoms with Crippen LogP contribution in [-0.2, 0) is 10.0 Å². The number of nitrogens with one attached hydrogen (secondary N) is 2. The molecule has 0 aromatic rings. The number of rotatable bonds is 8. The van der Waals surface area contributed by atoms with E-state index in [1.807, 2.05) is 0 Å². The van der Waals surface area contributed by atoms with Crippen molar-refractivity contribution in [1.82, 2.24) is 14.9 Å². The molecule has 108 valence electrons. The van der Waals surface area contributed by atoms with E-state index in [1.165, 1.54) is 0 Å². The van der Waals surface area contributed by atoms with E-state index < -0.39 is 10.0 Å². The van der Waals surface area contributed by atoms with Crippen LogP contribution in [0, 0.1) is 0 Å². The molecule has 1 unspecified atom stereocenters. The van der Waals surface area contributed by atoms with E-state index in [0.717, 1.165) is 45.4 Å². The minimum Gasteiger partial charge on any atom is -0.315 e. The van der Waals surface area contributed by atoms with Crippen LogP contribution in [-0.4, -0.2) is 57.8 Å². The van der Waals surface area contributed by atoms with Gasteiger partial charge < -0.3 is 10.2 Å². The van der Waals surface area contributed by atoms with Crippen molar-refractivity contribution in [2.45, 2.75) is 38.4 Å². The van der Waals surface area contributed by atoms with E-state index in [1.54, 1.807) is 0 Å². The molecule has 1 fully saturated rings. The molecule has 0 amide bonds. The molecule has 2 N–H and O–H groups in total. The molecule has 18 heavy (non-hydrogen) atoms. The Bertz CT molecular complexity index is 309. The Hall–Kier alpha value is -0.170. The number of piperidine rings is 1. The van der Waals surface area contributed by atoms with Crippen molar-refractivity contribution in [3.05, 3.63) is 0 Å². The van der Waals surface area contributed by atoms with Crippen LogP contribution in [0.5, 0.6) is 0 Å². The van der Waals surface area contributed by atoms with Gasteiger partial charge >= 0.3 is 0 Å². The van der Waals surface area contributed by atoms with Crippen LogP contribution < -0.4 is 10.0 Å². The number of hydrogen-bond acceptors (Lipinski definition) is 4. The lowest BCUT2D eigenvalue weighted by Crippen LogP contribution is -2.44. The molecule has 1 heterocycles. The molecule has 1 rings (SSSR count). The van der Waals surface area contributed by atoms with Gasteiger partial charge in [0, 0.05) is 13.1 Å². The van der Waals surface area contributed by atoms with Gasteiger partial charge in [0.25, 0.3) is 0 Å². The van der Waals surface area contributed by atoms with Crippen molar-refractivity contribution in [1.29, 1.82) is 0 Å². The van der Waals surface area contributed by atoms with Gasteiger partial charge in [-0.1, -0.05) is 13.8 Å². The highest BCUT2D eigenvalue weighted by Gasteiger charge is 2.26. The topological polar surface area (TPSA) is 61.4 Å². The second-order valence-electron chi connectivity index (χ2n) is 4.79. The van der Waals surface area contributed by atoms with Crippen LogP contribution in [0.15, 0.2) is 0 Å². The highest BCUT2D eigenvalue weighted by molar-refractivity contribution is 7.90. The molecular weight excluding hydrogens is 250 g/mol. The van der Waals surface area contributed by atoms with Gasteiger partial charge in [0.1, 0.15) is 0 Å². The van der Waals surface area contributed by atoms with Crippen LogP contribution >= 0.6 is 0 Å². The molecule has 0 bridgehead atoms. The van der Waals surface area contributed by atoms with Crippen LogP contribution in [0.2, 0.25) is 0 Å². The Balaban J connectivity index is 2.24. The predicted molar refractivity (Wildman–Crippen MR) is 75.2 cm³/mol. The lowest BCUT2D eigenvalue weighted by molar-refractivity contribution is 0.300. The standard InChI is InChI=1S/C12H27N3O2S/c1-3-15(4-2)10-6-9-14-18(16,17)12-7-5-8-13-11-12/h12-14H,3-11H2,1-2H3. The third kappa shape index (κ3) is 5.22. The van der Waals surface area contributed by atoms with Crippen LogP contribution in [0.25, 0.3) is 0 Å². The summed E-state index contributed by atoms with van der Waals surface area (Å²) in [5, 5.41) is 2.89. The highest BCUT2D eigenvalue weighted by Crippen LogP contribution is 2.10. The summed E-state index contributed by atoms with van der Waals surface area (Å²) in [6.07, 6.45) is 2.60. The number of hydrogen-bond donors (Lipinski definition) is 2. The lowest BCUT2D eigenvalue weighted by Gasteiger charge is -2.23. The fourth-order valence-electron chi connectivity index (χ4n) is 2.26. The maximum absolute atomic E-state index is 12.0. The van der Waals surface area contributed by atoms with E-state index in [0.29, 0.717) is 13.1 Å². The van der Waals surface area contributed by atoms with Gasteiger partial charge in [-0.05, 0) is 45.4 Å². The van der Waals surface area contributed by atoms with E-state index >= 15 is 0 Å². The van der Waals surface area contributed by atoms with Gasteiger partial charge in [-0.15, -0.1) is 0 Å². The molecular formula is C12H27N3O2S. The molecule has 0 aliphatic carbocycles. The Morgan fingerprint density at radius 2 is 2.06 bits per heavy atom. The van der Waals surface area contributed by atoms with E-state index in [-0.39, 0.29) is 5.25 Å². The summed E-state index contributed by atoms with van der Waals surface area (Å²) >= 11 is 0. The first-order valence-corrected chi connectivity index (χ1v) is 8.56. The summed E-state index contributed by atoms with van der Waals surface area (Å²) in [5.74, 6) is 0. The van der Waals surface area contributed by atoms with Crippen molar-refractivity contribution < 1.29 is 8.42 Å². The zero-order valence-corrected chi connectivity index (χ0v) is 12.4. The first kappa shape index (κ1) is 15.9. The maximum atomic E-state index is 12.0. The second-order valence-corrected chi connectivity index (χ2v) is 6.83. The Kier molecular flexibility index (Phi) is 7.14. The molecule has 0 saturated carbocycles. The molecule has 1 aliphatic rings. The summed E-state index contributed by atoms with van der Waals surface area (Å²) in [4.78, 5) is 2.30. The summed E-state index contributed by atoms with van der Waals surface area (Å²) < 4.78 is 26.7. The fourth-order valence-corrected chi connectivity index (χ4v) is 3.74. The average molecular weight is 277 g/mol. The molecule has 0 aromatic heterocycles. The molecule has 0 aromatic carbocycles. The smallest absolute Gasteiger partial charge is 0.215 e. The Labute approximate surface area is 111 Å². The van der Waals surface area contributed by atoms with Crippen LogP contribution in [0.3, 0.4) is 0 Å². The first-order valence-electron chi connectivity index (χ1n) is 7.01. The van der Waals surface area contributed by atoms with Crippen molar-refractivity contribution in [2.24, 2.45) is 0 Å². The minimum atomic E-state index is -3.13. The summed E-state index contributed by atoms with van der Waals surface area (Å²) in [6.45, 7) is 9.33. The third-order valence-corrected chi connectivity index (χ3v) is 5.43. The maximum Gasteiger partial charge on any atom is 0.215 e. The zero-order valence-electron chi connectivity index (χ0n) is 11.6. The van der Waals surface area contributed by atoms with Crippen LogP contribution in [0.1, 0.15) is 33.1 Å².